The predicted molar refractivity (Wildman–Crippen MR) is 98.9 cm³/mol. The Kier molecular flexibility index (Phi) is 5.37. The molecule has 24 heavy (non-hydrogen) atoms. The molecule has 0 unspecified atom stereocenters. The summed E-state index contributed by atoms with van der Waals surface area (Å²) >= 11 is 3.10. The third-order valence-electron chi connectivity index (χ3n) is 3.31. The average Bonchev–Trinajstić information content (AvgIpc) is 3.18. The maximum absolute atomic E-state index is 11.3. The molecule has 0 bridgehead atoms. The van der Waals surface area contributed by atoms with Crippen LogP contribution in [0.5, 0.6) is 0 Å². The van der Waals surface area contributed by atoms with Gasteiger partial charge in [0.1, 0.15) is 15.7 Å². The van der Waals surface area contributed by atoms with Crippen LogP contribution in [0, 0.1) is 0 Å². The lowest BCUT2D eigenvalue weighted by molar-refractivity contribution is 0.603. The molecule has 0 aliphatic carbocycles. The SMILES string of the molecule is CS(=O)(=O)CCSc1nnc(Cc2cccs2)n1-c1ccccc1. The van der Waals surface area contributed by atoms with Gasteiger partial charge in [0, 0.05) is 29.0 Å². The number of para-hydroxylation sites is 1. The highest BCUT2D eigenvalue weighted by Gasteiger charge is 2.16. The van der Waals surface area contributed by atoms with E-state index in [1.807, 2.05) is 46.3 Å². The molecule has 0 amide bonds. The van der Waals surface area contributed by atoms with Crippen molar-refractivity contribution in [3.05, 3.63) is 58.5 Å². The number of sulfone groups is 1. The molecule has 126 valence electrons. The Balaban J connectivity index is 1.89. The van der Waals surface area contributed by atoms with Crippen LogP contribution in [-0.2, 0) is 16.3 Å². The first-order valence-corrected chi connectivity index (χ1v) is 11.3. The molecule has 0 aliphatic rings. The molecule has 0 aliphatic heterocycles. The zero-order valence-corrected chi connectivity index (χ0v) is 15.6. The molecule has 2 aromatic heterocycles. The van der Waals surface area contributed by atoms with Gasteiger partial charge in [-0.05, 0) is 23.6 Å². The summed E-state index contributed by atoms with van der Waals surface area (Å²) in [6.45, 7) is 0. The number of nitrogens with zero attached hydrogens (tertiary/aromatic N) is 3. The van der Waals surface area contributed by atoms with Crippen molar-refractivity contribution in [2.75, 3.05) is 17.8 Å². The lowest BCUT2D eigenvalue weighted by atomic mass is 10.3. The smallest absolute Gasteiger partial charge is 0.195 e. The maximum atomic E-state index is 11.3. The third kappa shape index (κ3) is 4.46. The molecular weight excluding hydrogens is 362 g/mol. The minimum atomic E-state index is -2.98. The molecule has 0 spiro atoms. The molecule has 0 radical (unpaired) electrons. The molecule has 0 atom stereocenters. The molecule has 8 heteroatoms. The predicted octanol–water partition coefficient (Wildman–Crippen LogP) is 3.06. The minimum absolute atomic E-state index is 0.125. The number of thioether (sulfide) groups is 1. The van der Waals surface area contributed by atoms with Gasteiger partial charge in [0.2, 0.25) is 0 Å². The second-order valence-corrected chi connectivity index (χ2v) is 9.66. The molecule has 0 saturated heterocycles. The Morgan fingerprint density at radius 2 is 1.92 bits per heavy atom. The molecule has 0 saturated carbocycles. The summed E-state index contributed by atoms with van der Waals surface area (Å²) < 4.78 is 24.7. The molecule has 0 fully saturated rings. The van der Waals surface area contributed by atoms with Crippen molar-refractivity contribution in [3.63, 3.8) is 0 Å². The highest BCUT2D eigenvalue weighted by molar-refractivity contribution is 8.00. The van der Waals surface area contributed by atoms with Gasteiger partial charge in [-0.15, -0.1) is 21.5 Å². The summed E-state index contributed by atoms with van der Waals surface area (Å²) in [5, 5.41) is 11.4. The fourth-order valence-corrected chi connectivity index (χ4v) is 5.06. The summed E-state index contributed by atoms with van der Waals surface area (Å²) in [5.74, 6) is 1.44. The van der Waals surface area contributed by atoms with Gasteiger partial charge in [-0.25, -0.2) is 8.42 Å². The number of rotatable bonds is 7. The van der Waals surface area contributed by atoms with Gasteiger partial charge in [0.15, 0.2) is 5.16 Å². The first-order chi connectivity index (χ1) is 11.5. The van der Waals surface area contributed by atoms with Crippen LogP contribution in [0.25, 0.3) is 5.69 Å². The molecule has 0 N–H and O–H groups in total. The van der Waals surface area contributed by atoms with Crippen molar-refractivity contribution in [1.29, 1.82) is 0 Å². The molecule has 3 aromatic rings. The van der Waals surface area contributed by atoms with E-state index in [2.05, 4.69) is 16.3 Å². The second kappa shape index (κ2) is 7.50. The normalized spacial score (nSPS) is 11.7. The summed E-state index contributed by atoms with van der Waals surface area (Å²) in [4.78, 5) is 1.22. The van der Waals surface area contributed by atoms with E-state index in [1.165, 1.54) is 22.9 Å². The van der Waals surface area contributed by atoms with Gasteiger partial charge in [-0.1, -0.05) is 36.0 Å². The number of benzene rings is 1. The zero-order chi connectivity index (χ0) is 17.0. The molecule has 1 aromatic carbocycles. The Morgan fingerprint density at radius 1 is 1.12 bits per heavy atom. The number of hydrogen-bond donors (Lipinski definition) is 0. The van der Waals surface area contributed by atoms with Gasteiger partial charge in [-0.2, -0.15) is 0 Å². The van der Waals surface area contributed by atoms with Crippen LogP contribution in [0.3, 0.4) is 0 Å². The van der Waals surface area contributed by atoms with Crippen molar-refractivity contribution in [1.82, 2.24) is 14.8 Å². The zero-order valence-electron chi connectivity index (χ0n) is 13.1. The van der Waals surface area contributed by atoms with Crippen LogP contribution >= 0.6 is 23.1 Å². The van der Waals surface area contributed by atoms with E-state index in [0.717, 1.165) is 16.7 Å². The van der Waals surface area contributed by atoms with Gasteiger partial charge in [0.25, 0.3) is 0 Å². The third-order valence-corrected chi connectivity index (χ3v) is 6.32. The Bertz CT molecular complexity index is 888. The van der Waals surface area contributed by atoms with E-state index in [9.17, 15) is 8.42 Å². The monoisotopic (exact) mass is 379 g/mol. The van der Waals surface area contributed by atoms with Crippen molar-refractivity contribution < 1.29 is 8.42 Å². The van der Waals surface area contributed by atoms with Crippen molar-refractivity contribution >= 4 is 32.9 Å². The lowest BCUT2D eigenvalue weighted by Crippen LogP contribution is -2.07. The summed E-state index contributed by atoms with van der Waals surface area (Å²) in [6.07, 6.45) is 1.95. The van der Waals surface area contributed by atoms with Crippen molar-refractivity contribution in [2.24, 2.45) is 0 Å². The van der Waals surface area contributed by atoms with Gasteiger partial charge >= 0.3 is 0 Å². The highest BCUT2D eigenvalue weighted by Crippen LogP contribution is 2.24. The van der Waals surface area contributed by atoms with Gasteiger partial charge < -0.3 is 0 Å². The van der Waals surface area contributed by atoms with Crippen molar-refractivity contribution in [3.8, 4) is 5.69 Å². The van der Waals surface area contributed by atoms with Crippen LogP contribution in [0.1, 0.15) is 10.7 Å². The number of hydrogen-bond acceptors (Lipinski definition) is 6. The molecule has 5 nitrogen and oxygen atoms in total. The number of aromatic nitrogens is 3. The summed E-state index contributed by atoms with van der Waals surface area (Å²) in [5.41, 5.74) is 0.982. The van der Waals surface area contributed by atoms with E-state index in [4.69, 9.17) is 0 Å². The quantitative estimate of drug-likeness (QED) is 0.590. The van der Waals surface area contributed by atoms with E-state index < -0.39 is 9.84 Å². The lowest BCUT2D eigenvalue weighted by Gasteiger charge is -2.09. The molecular formula is C16H17N3O2S3. The highest BCUT2D eigenvalue weighted by atomic mass is 32.2. The van der Waals surface area contributed by atoms with E-state index in [0.29, 0.717) is 12.2 Å². The fourth-order valence-electron chi connectivity index (χ4n) is 2.20. The Labute approximate surface area is 149 Å². The first-order valence-electron chi connectivity index (χ1n) is 7.35. The van der Waals surface area contributed by atoms with Crippen LogP contribution in [0.4, 0.5) is 0 Å². The van der Waals surface area contributed by atoms with E-state index >= 15 is 0 Å². The van der Waals surface area contributed by atoms with E-state index in [-0.39, 0.29) is 5.75 Å². The van der Waals surface area contributed by atoms with Crippen LogP contribution in [0.15, 0.2) is 53.0 Å². The summed E-state index contributed by atoms with van der Waals surface area (Å²) in [7, 11) is -2.98. The Morgan fingerprint density at radius 3 is 2.58 bits per heavy atom. The average molecular weight is 380 g/mol. The largest absolute Gasteiger partial charge is 0.274 e. The number of thiophene rings is 1. The van der Waals surface area contributed by atoms with E-state index in [1.54, 1.807) is 11.3 Å². The van der Waals surface area contributed by atoms with Crippen molar-refractivity contribution in [2.45, 2.75) is 11.6 Å². The van der Waals surface area contributed by atoms with Crippen LogP contribution in [-0.4, -0.2) is 40.9 Å². The minimum Gasteiger partial charge on any atom is -0.274 e. The fraction of sp³-hybridized carbons (Fsp3) is 0.250. The Hall–Kier alpha value is -1.64. The van der Waals surface area contributed by atoms with Crippen LogP contribution in [0.2, 0.25) is 0 Å². The van der Waals surface area contributed by atoms with Crippen LogP contribution < -0.4 is 0 Å². The summed E-state index contributed by atoms with van der Waals surface area (Å²) in [6, 6.07) is 14.0. The standard InChI is InChI=1S/C16H17N3O2S3/c1-24(20,21)11-10-23-16-18-17-15(12-14-8-5-9-22-14)19(16)13-6-3-2-4-7-13/h2-9H,10-12H2,1H3. The van der Waals surface area contributed by atoms with Gasteiger partial charge in [-0.3, -0.25) is 4.57 Å². The first kappa shape index (κ1) is 17.2. The second-order valence-electron chi connectivity index (χ2n) is 5.30. The van der Waals surface area contributed by atoms with Gasteiger partial charge in [0.05, 0.1) is 5.75 Å². The topological polar surface area (TPSA) is 64.8 Å². The molecule has 3 rings (SSSR count). The molecule has 2 heterocycles. The maximum Gasteiger partial charge on any atom is 0.195 e.